The molecular weight excluding hydrogens is 286 g/mol. The highest BCUT2D eigenvalue weighted by Crippen LogP contribution is 2.39. The molecule has 0 aromatic carbocycles. The van der Waals surface area contributed by atoms with Crippen molar-refractivity contribution in [3.8, 4) is 0 Å². The molecule has 0 aromatic heterocycles. The van der Waals surface area contributed by atoms with Crippen LogP contribution in [0.3, 0.4) is 0 Å². The number of rotatable bonds is 4. The van der Waals surface area contributed by atoms with Gasteiger partial charge in [0.15, 0.2) is 0 Å². The van der Waals surface area contributed by atoms with Crippen LogP contribution in [0, 0.1) is 0 Å². The van der Waals surface area contributed by atoms with Crippen LogP contribution < -0.4 is 0 Å². The Morgan fingerprint density at radius 1 is 1.27 bits per heavy atom. The average molecular weight is 315 g/mol. The summed E-state index contributed by atoms with van der Waals surface area (Å²) in [4.78, 5) is 25.5. The molecule has 0 N–H and O–H groups in total. The molecule has 0 bridgehead atoms. The lowest BCUT2D eigenvalue weighted by molar-refractivity contribution is -0.146. The third kappa shape index (κ3) is 4.35. The second kappa shape index (κ2) is 6.44. The van der Waals surface area contributed by atoms with Crippen molar-refractivity contribution in [3.05, 3.63) is 0 Å². The number of carbonyl (C=O) groups excluding carboxylic acids is 2. The standard InChI is InChI=1S/C16H29NO5/c1-8-9-16(10-20-12(2)18)11-21-15(6,7)17(16)13(19)22-14(3,4)5/h8-11H2,1-7H3/t16-/m1/s1. The van der Waals surface area contributed by atoms with E-state index in [1.165, 1.54) is 6.92 Å². The van der Waals surface area contributed by atoms with Crippen LogP contribution in [-0.4, -0.2) is 47.0 Å². The number of hydrogen-bond acceptors (Lipinski definition) is 5. The fourth-order valence-electron chi connectivity index (χ4n) is 2.80. The van der Waals surface area contributed by atoms with Gasteiger partial charge in [-0.25, -0.2) is 4.79 Å². The van der Waals surface area contributed by atoms with E-state index < -0.39 is 23.0 Å². The summed E-state index contributed by atoms with van der Waals surface area (Å²) >= 11 is 0. The van der Waals surface area contributed by atoms with E-state index in [4.69, 9.17) is 14.2 Å². The first-order valence-corrected chi connectivity index (χ1v) is 7.74. The molecule has 1 fully saturated rings. The van der Waals surface area contributed by atoms with Crippen molar-refractivity contribution in [1.29, 1.82) is 0 Å². The highest BCUT2D eigenvalue weighted by molar-refractivity contribution is 5.71. The van der Waals surface area contributed by atoms with Gasteiger partial charge in [0, 0.05) is 6.92 Å². The van der Waals surface area contributed by atoms with Crippen LogP contribution in [0.25, 0.3) is 0 Å². The third-order valence-electron chi connectivity index (χ3n) is 3.54. The molecule has 0 radical (unpaired) electrons. The molecule has 22 heavy (non-hydrogen) atoms. The van der Waals surface area contributed by atoms with E-state index in [0.717, 1.165) is 6.42 Å². The summed E-state index contributed by atoms with van der Waals surface area (Å²) < 4.78 is 16.6. The minimum absolute atomic E-state index is 0.110. The first-order chi connectivity index (χ1) is 9.93. The van der Waals surface area contributed by atoms with Crippen LogP contribution in [0.1, 0.15) is 61.3 Å². The topological polar surface area (TPSA) is 65.1 Å². The van der Waals surface area contributed by atoms with Gasteiger partial charge in [-0.2, -0.15) is 0 Å². The number of amides is 1. The van der Waals surface area contributed by atoms with Gasteiger partial charge in [0.1, 0.15) is 23.5 Å². The summed E-state index contributed by atoms with van der Waals surface area (Å²) in [5.74, 6) is -0.371. The molecule has 1 aliphatic rings. The van der Waals surface area contributed by atoms with Crippen LogP contribution >= 0.6 is 0 Å². The van der Waals surface area contributed by atoms with Gasteiger partial charge in [-0.05, 0) is 41.0 Å². The zero-order valence-corrected chi connectivity index (χ0v) is 14.8. The Kier molecular flexibility index (Phi) is 5.49. The summed E-state index contributed by atoms with van der Waals surface area (Å²) in [6.07, 6.45) is 1.05. The molecule has 1 heterocycles. The van der Waals surface area contributed by atoms with E-state index in [9.17, 15) is 9.59 Å². The quantitative estimate of drug-likeness (QED) is 0.746. The van der Waals surface area contributed by atoms with Crippen molar-refractivity contribution in [2.24, 2.45) is 0 Å². The van der Waals surface area contributed by atoms with Crippen molar-refractivity contribution in [1.82, 2.24) is 4.90 Å². The molecule has 0 unspecified atom stereocenters. The lowest BCUT2D eigenvalue weighted by Gasteiger charge is -2.41. The van der Waals surface area contributed by atoms with Crippen molar-refractivity contribution in [2.45, 2.75) is 78.2 Å². The summed E-state index contributed by atoms with van der Waals surface area (Å²) in [6, 6.07) is 0. The monoisotopic (exact) mass is 315 g/mol. The molecule has 0 saturated carbocycles. The van der Waals surface area contributed by atoms with Gasteiger partial charge < -0.3 is 14.2 Å². The number of esters is 1. The first kappa shape index (κ1) is 18.7. The van der Waals surface area contributed by atoms with Gasteiger partial charge in [0.2, 0.25) is 0 Å². The van der Waals surface area contributed by atoms with Crippen LogP contribution in [-0.2, 0) is 19.0 Å². The normalized spacial score (nSPS) is 24.2. The maximum absolute atomic E-state index is 12.7. The lowest BCUT2D eigenvalue weighted by atomic mass is 9.93. The van der Waals surface area contributed by atoms with Crippen LogP contribution in [0.2, 0.25) is 0 Å². The molecule has 128 valence electrons. The maximum atomic E-state index is 12.7. The number of nitrogens with zero attached hydrogens (tertiary/aromatic N) is 1. The number of ether oxygens (including phenoxy) is 3. The fraction of sp³-hybridized carbons (Fsp3) is 0.875. The molecule has 6 heteroatoms. The fourth-order valence-corrected chi connectivity index (χ4v) is 2.80. The lowest BCUT2D eigenvalue weighted by Crippen LogP contribution is -2.59. The molecule has 0 spiro atoms. The van der Waals surface area contributed by atoms with Crippen LogP contribution in [0.15, 0.2) is 0 Å². The Balaban J connectivity index is 3.11. The van der Waals surface area contributed by atoms with Gasteiger partial charge >= 0.3 is 12.1 Å². The van der Waals surface area contributed by atoms with E-state index in [1.807, 2.05) is 41.5 Å². The number of hydrogen-bond donors (Lipinski definition) is 0. The summed E-state index contributed by atoms with van der Waals surface area (Å²) in [5.41, 5.74) is -2.10. The second-order valence-electron chi connectivity index (χ2n) is 7.31. The summed E-state index contributed by atoms with van der Waals surface area (Å²) in [7, 11) is 0. The van der Waals surface area contributed by atoms with Crippen molar-refractivity contribution in [3.63, 3.8) is 0 Å². The Morgan fingerprint density at radius 2 is 1.86 bits per heavy atom. The Morgan fingerprint density at radius 3 is 2.32 bits per heavy atom. The molecule has 1 atom stereocenters. The first-order valence-electron chi connectivity index (χ1n) is 7.74. The molecule has 1 amide bonds. The minimum atomic E-state index is -0.808. The maximum Gasteiger partial charge on any atom is 0.413 e. The third-order valence-corrected chi connectivity index (χ3v) is 3.54. The van der Waals surface area contributed by atoms with E-state index in [0.29, 0.717) is 13.0 Å². The van der Waals surface area contributed by atoms with Crippen molar-refractivity contribution < 1.29 is 23.8 Å². The number of carbonyl (C=O) groups is 2. The molecule has 1 rings (SSSR count). The van der Waals surface area contributed by atoms with Gasteiger partial charge in [-0.1, -0.05) is 13.3 Å². The summed E-state index contributed by atoms with van der Waals surface area (Å²) in [6.45, 7) is 12.9. The largest absolute Gasteiger partial charge is 0.463 e. The van der Waals surface area contributed by atoms with Gasteiger partial charge in [-0.3, -0.25) is 9.69 Å². The average Bonchev–Trinajstić information content (AvgIpc) is 2.57. The Labute approximate surface area is 133 Å². The Bertz CT molecular complexity index is 427. The molecule has 0 aliphatic carbocycles. The zero-order valence-electron chi connectivity index (χ0n) is 14.8. The van der Waals surface area contributed by atoms with Gasteiger partial charge in [-0.15, -0.1) is 0 Å². The zero-order chi connectivity index (χ0) is 17.2. The van der Waals surface area contributed by atoms with Gasteiger partial charge in [0.25, 0.3) is 0 Å². The van der Waals surface area contributed by atoms with Crippen LogP contribution in [0.4, 0.5) is 4.79 Å². The smallest absolute Gasteiger partial charge is 0.413 e. The highest BCUT2D eigenvalue weighted by atomic mass is 16.6. The van der Waals surface area contributed by atoms with Crippen molar-refractivity contribution in [2.75, 3.05) is 13.2 Å². The van der Waals surface area contributed by atoms with E-state index in [2.05, 4.69) is 0 Å². The molecule has 6 nitrogen and oxygen atoms in total. The predicted molar refractivity (Wildman–Crippen MR) is 82.4 cm³/mol. The highest BCUT2D eigenvalue weighted by Gasteiger charge is 2.55. The summed E-state index contributed by atoms with van der Waals surface area (Å²) in [5, 5.41) is 0. The van der Waals surface area contributed by atoms with E-state index >= 15 is 0 Å². The SMILES string of the molecule is CCC[C@@]1(COC(C)=O)COC(C)(C)N1C(=O)OC(C)(C)C. The molecule has 1 aliphatic heterocycles. The molecule has 0 aromatic rings. The van der Waals surface area contributed by atoms with E-state index in [1.54, 1.807) is 4.90 Å². The predicted octanol–water partition coefficient (Wildman–Crippen LogP) is 3.09. The van der Waals surface area contributed by atoms with Crippen molar-refractivity contribution >= 4 is 12.1 Å². The molecular formula is C16H29NO5. The van der Waals surface area contributed by atoms with Crippen LogP contribution in [0.5, 0.6) is 0 Å². The van der Waals surface area contributed by atoms with E-state index in [-0.39, 0.29) is 12.6 Å². The second-order valence-corrected chi connectivity index (χ2v) is 7.31. The Hall–Kier alpha value is -1.30. The molecule has 1 saturated heterocycles. The minimum Gasteiger partial charge on any atom is -0.463 e. The van der Waals surface area contributed by atoms with Gasteiger partial charge in [0.05, 0.1) is 6.61 Å².